The molecule has 16 heteroatoms. The monoisotopic (exact) mass is 690 g/mol. The van der Waals surface area contributed by atoms with Crippen LogP contribution in [0.4, 0.5) is 0 Å². The Labute approximate surface area is 280 Å². The van der Waals surface area contributed by atoms with Crippen LogP contribution in [-0.4, -0.2) is 120 Å². The maximum absolute atomic E-state index is 13.1. The molecule has 2 aromatic rings. The maximum Gasteiger partial charge on any atom is 0.338 e. The smallest absolute Gasteiger partial charge is 0.338 e. The molecule has 6 N–H and O–H groups in total. The second-order valence-corrected chi connectivity index (χ2v) is 10.9. The molecule has 0 saturated carbocycles. The van der Waals surface area contributed by atoms with E-state index in [-0.39, 0.29) is 40.6 Å². The van der Waals surface area contributed by atoms with Crippen molar-refractivity contribution in [1.29, 1.82) is 0 Å². The average Bonchev–Trinajstić information content (AvgIpc) is 3.10. The molecule has 1 fully saturated rings. The van der Waals surface area contributed by atoms with Crippen LogP contribution in [0.5, 0.6) is 17.2 Å². The van der Waals surface area contributed by atoms with Crippen LogP contribution in [0.15, 0.2) is 65.9 Å². The number of aliphatic hydroxyl groups excluding tert-OH is 4. The van der Waals surface area contributed by atoms with Gasteiger partial charge in [0.15, 0.2) is 17.8 Å². The van der Waals surface area contributed by atoms with E-state index >= 15 is 0 Å². The highest BCUT2D eigenvalue weighted by molar-refractivity contribution is 5.91. The third kappa shape index (κ3) is 9.26. The van der Waals surface area contributed by atoms with Crippen molar-refractivity contribution in [2.75, 3.05) is 34.0 Å². The van der Waals surface area contributed by atoms with Crippen LogP contribution in [0.3, 0.4) is 0 Å². The van der Waals surface area contributed by atoms with Crippen LogP contribution in [-0.2, 0) is 44.4 Å². The van der Waals surface area contributed by atoms with Gasteiger partial charge < -0.3 is 63.8 Å². The molecule has 0 aliphatic carbocycles. The largest absolute Gasteiger partial charge is 0.508 e. The molecule has 0 bridgehead atoms. The van der Waals surface area contributed by atoms with Gasteiger partial charge in [0.05, 0.1) is 51.3 Å². The van der Waals surface area contributed by atoms with E-state index < -0.39 is 80.5 Å². The summed E-state index contributed by atoms with van der Waals surface area (Å²) in [6.45, 7) is -1.24. The number of aliphatic hydroxyl groups is 4. The van der Waals surface area contributed by atoms with Crippen molar-refractivity contribution in [2.45, 2.75) is 49.8 Å². The van der Waals surface area contributed by atoms with Gasteiger partial charge in [-0.2, -0.15) is 0 Å². The van der Waals surface area contributed by atoms with Gasteiger partial charge in [0.25, 0.3) is 0 Å². The highest BCUT2D eigenvalue weighted by Crippen LogP contribution is 2.36. The van der Waals surface area contributed by atoms with E-state index in [1.54, 1.807) is 12.1 Å². The minimum Gasteiger partial charge on any atom is -0.508 e. The first-order valence-electron chi connectivity index (χ1n) is 15.0. The summed E-state index contributed by atoms with van der Waals surface area (Å²) in [7, 11) is 2.42. The minimum atomic E-state index is -1.82. The number of hydrogen-bond donors (Lipinski definition) is 6. The van der Waals surface area contributed by atoms with E-state index in [2.05, 4.69) is 0 Å². The zero-order chi connectivity index (χ0) is 35.7. The van der Waals surface area contributed by atoms with Crippen molar-refractivity contribution < 1.29 is 78.2 Å². The number of methoxy groups -OCH3 is 2. The van der Waals surface area contributed by atoms with Crippen molar-refractivity contribution in [2.24, 2.45) is 5.92 Å². The van der Waals surface area contributed by atoms with E-state index in [4.69, 9.17) is 33.2 Å². The topological polar surface area (TPSA) is 237 Å². The molecule has 2 aromatic carbocycles. The summed E-state index contributed by atoms with van der Waals surface area (Å²) in [5.41, 5.74) is 0.721. The lowest BCUT2D eigenvalue weighted by atomic mass is 9.86. The molecule has 2 heterocycles. The number of carbonyl (C=O) groups excluding carboxylic acids is 3. The number of ether oxygens (including phenoxy) is 7. The highest BCUT2D eigenvalue weighted by Gasteiger charge is 2.47. The molecule has 49 heavy (non-hydrogen) atoms. The number of benzene rings is 2. The molecule has 16 nitrogen and oxygen atoms in total. The predicted octanol–water partition coefficient (Wildman–Crippen LogP) is 0.212. The third-order valence-corrected chi connectivity index (χ3v) is 7.81. The van der Waals surface area contributed by atoms with Gasteiger partial charge in [-0.15, -0.1) is 0 Å². The van der Waals surface area contributed by atoms with Crippen LogP contribution in [0.2, 0.25) is 0 Å². The van der Waals surface area contributed by atoms with E-state index in [9.17, 15) is 45.0 Å². The Balaban J connectivity index is 1.59. The molecule has 7 atom stereocenters. The van der Waals surface area contributed by atoms with Crippen LogP contribution >= 0.6 is 0 Å². The summed E-state index contributed by atoms with van der Waals surface area (Å²) in [6, 6.07) is 10.1. The molecule has 0 aromatic heterocycles. The Morgan fingerprint density at radius 3 is 2.33 bits per heavy atom. The highest BCUT2D eigenvalue weighted by atomic mass is 16.8. The fourth-order valence-electron chi connectivity index (χ4n) is 5.10. The van der Waals surface area contributed by atoms with Gasteiger partial charge >= 0.3 is 17.9 Å². The molecule has 0 amide bonds. The first kappa shape index (κ1) is 37.1. The van der Waals surface area contributed by atoms with E-state index in [0.717, 1.165) is 18.9 Å². The molecule has 0 spiro atoms. The second-order valence-electron chi connectivity index (χ2n) is 10.9. The Hall–Kier alpha value is -4.71. The molecule has 0 radical (unpaired) electrons. The van der Waals surface area contributed by atoms with Gasteiger partial charge in [0.1, 0.15) is 36.8 Å². The molecule has 2 aliphatic rings. The number of esters is 3. The summed E-state index contributed by atoms with van der Waals surface area (Å²) in [4.78, 5) is 38.7. The second kappa shape index (κ2) is 17.1. The summed E-state index contributed by atoms with van der Waals surface area (Å²) in [5, 5.41) is 60.0. The fraction of sp³-hybridized carbons (Fsp3) is 0.424. The average molecular weight is 691 g/mol. The Morgan fingerprint density at radius 1 is 0.918 bits per heavy atom. The summed E-state index contributed by atoms with van der Waals surface area (Å²) >= 11 is 0. The predicted molar refractivity (Wildman–Crippen MR) is 164 cm³/mol. The number of phenols is 2. The van der Waals surface area contributed by atoms with Crippen molar-refractivity contribution in [3.05, 3.63) is 77.1 Å². The lowest BCUT2D eigenvalue weighted by molar-refractivity contribution is -0.327. The summed E-state index contributed by atoms with van der Waals surface area (Å²) in [6.07, 6.45) is -7.64. The molecular formula is C33H38O16. The molecule has 1 saturated heterocycles. The van der Waals surface area contributed by atoms with Crippen molar-refractivity contribution in [1.82, 2.24) is 0 Å². The molecule has 7 unspecified atom stereocenters. The summed E-state index contributed by atoms with van der Waals surface area (Å²) < 4.78 is 37.6. The Bertz CT molecular complexity index is 1520. The number of hydrogen-bond acceptors (Lipinski definition) is 16. The third-order valence-electron chi connectivity index (χ3n) is 7.81. The minimum absolute atomic E-state index is 0.0262. The van der Waals surface area contributed by atoms with Gasteiger partial charge in [0, 0.05) is 17.9 Å². The standard InChI is InChI=1S/C33H38O16/c1-43-24-13-18(5-8-23(24)36)30(41)46-12-10-20-21(14-26(37)45-11-9-17-3-6-19(35)7-4-17)22(31(42)44-2)16-47-32(20)49-33-29(40)28(39)27(38)25(15-34)48-33/h3-8,10,13,16,21,25,27-29,32-36,38-40H,9,11-12,14-15H2,1-2H3. The first-order chi connectivity index (χ1) is 23.5. The van der Waals surface area contributed by atoms with Crippen LogP contribution in [0.1, 0.15) is 22.3 Å². The number of carbonyl (C=O) groups is 3. The van der Waals surface area contributed by atoms with Crippen molar-refractivity contribution in [3.63, 3.8) is 0 Å². The molecule has 2 aliphatic heterocycles. The molecular weight excluding hydrogens is 652 g/mol. The van der Waals surface area contributed by atoms with Gasteiger partial charge in [-0.05, 0) is 42.0 Å². The lowest BCUT2D eigenvalue weighted by Gasteiger charge is -2.42. The number of rotatable bonds is 13. The van der Waals surface area contributed by atoms with Crippen LogP contribution < -0.4 is 4.74 Å². The van der Waals surface area contributed by atoms with Gasteiger partial charge in [-0.25, -0.2) is 9.59 Å². The number of aromatic hydroxyl groups is 2. The zero-order valence-electron chi connectivity index (χ0n) is 26.5. The Kier molecular flexibility index (Phi) is 13.0. The lowest BCUT2D eigenvalue weighted by Crippen LogP contribution is -2.60. The van der Waals surface area contributed by atoms with Crippen molar-refractivity contribution in [3.8, 4) is 17.2 Å². The number of phenolic OH excluding ortho intramolecular Hbond substituents is 2. The molecule has 266 valence electrons. The zero-order valence-corrected chi connectivity index (χ0v) is 26.5. The maximum atomic E-state index is 13.1. The van der Waals surface area contributed by atoms with Crippen LogP contribution in [0.25, 0.3) is 0 Å². The van der Waals surface area contributed by atoms with E-state index in [1.165, 1.54) is 43.5 Å². The normalized spacial score (nSPS) is 25.9. The fourth-order valence-corrected chi connectivity index (χ4v) is 5.10. The first-order valence-corrected chi connectivity index (χ1v) is 15.0. The SMILES string of the molecule is COC(=O)C1=COC(OC2OC(CO)C(O)C(O)C2O)C(=CCOC(=O)c2ccc(O)c(OC)c2)C1CC(=O)OCCc1ccc(O)cc1. The van der Waals surface area contributed by atoms with Gasteiger partial charge in [-0.3, -0.25) is 4.79 Å². The van der Waals surface area contributed by atoms with Crippen molar-refractivity contribution >= 4 is 17.9 Å². The van der Waals surface area contributed by atoms with E-state index in [0.29, 0.717) is 6.42 Å². The quantitative estimate of drug-likeness (QED) is 0.0936. The summed E-state index contributed by atoms with van der Waals surface area (Å²) in [5.74, 6) is -3.68. The van der Waals surface area contributed by atoms with Crippen LogP contribution in [0, 0.1) is 5.92 Å². The molecule has 4 rings (SSSR count). The van der Waals surface area contributed by atoms with Gasteiger partial charge in [-0.1, -0.05) is 12.1 Å². The van der Waals surface area contributed by atoms with E-state index in [1.807, 2.05) is 0 Å². The van der Waals surface area contributed by atoms with Gasteiger partial charge in [0.2, 0.25) is 6.29 Å². The Morgan fingerprint density at radius 2 is 1.65 bits per heavy atom.